The maximum atomic E-state index is 5.78. The lowest BCUT2D eigenvalue weighted by Crippen LogP contribution is -2.49. The summed E-state index contributed by atoms with van der Waals surface area (Å²) in [6.07, 6.45) is 1.75. The van der Waals surface area contributed by atoms with Gasteiger partial charge in [-0.05, 0) is 32.9 Å². The molecular weight excluding hydrogens is 238 g/mol. The van der Waals surface area contributed by atoms with Crippen LogP contribution in [0.15, 0.2) is 36.5 Å². The van der Waals surface area contributed by atoms with Crippen molar-refractivity contribution in [3.63, 3.8) is 0 Å². The van der Waals surface area contributed by atoms with Gasteiger partial charge < -0.3 is 9.64 Å². The van der Waals surface area contributed by atoms with E-state index in [1.165, 1.54) is 0 Å². The molecule has 4 heteroatoms. The first-order valence-electron chi connectivity index (χ1n) is 6.40. The van der Waals surface area contributed by atoms with Crippen LogP contribution in [0.25, 0.3) is 0 Å². The van der Waals surface area contributed by atoms with E-state index in [0.29, 0.717) is 6.61 Å². The molecule has 0 spiro atoms. The fourth-order valence-electron chi connectivity index (χ4n) is 2.36. The predicted octanol–water partition coefficient (Wildman–Crippen LogP) is 3.09. The summed E-state index contributed by atoms with van der Waals surface area (Å²) in [7, 11) is 0. The third-order valence-corrected chi connectivity index (χ3v) is 3.27. The summed E-state index contributed by atoms with van der Waals surface area (Å²) in [4.78, 5) is 11.0. The van der Waals surface area contributed by atoms with E-state index in [1.807, 2.05) is 25.1 Å². The summed E-state index contributed by atoms with van der Waals surface area (Å²) in [5.74, 6) is 2.34. The van der Waals surface area contributed by atoms with Gasteiger partial charge in [0.15, 0.2) is 11.6 Å². The van der Waals surface area contributed by atoms with E-state index in [-0.39, 0.29) is 5.54 Å². The fraction of sp³-hybridized carbons (Fsp3) is 0.333. The van der Waals surface area contributed by atoms with E-state index in [9.17, 15) is 0 Å². The van der Waals surface area contributed by atoms with E-state index in [0.717, 1.165) is 23.1 Å². The lowest BCUT2D eigenvalue weighted by atomic mass is 10.0. The van der Waals surface area contributed by atoms with E-state index in [4.69, 9.17) is 4.74 Å². The number of fused-ring (bicyclic) bond motifs is 1. The zero-order valence-electron chi connectivity index (χ0n) is 11.4. The summed E-state index contributed by atoms with van der Waals surface area (Å²) < 4.78 is 5.78. The minimum atomic E-state index is -0.144. The lowest BCUT2D eigenvalue weighted by Gasteiger charge is -2.43. The number of para-hydroxylation sites is 1. The van der Waals surface area contributed by atoms with Gasteiger partial charge in [-0.15, -0.1) is 0 Å². The molecule has 19 heavy (non-hydrogen) atoms. The Bertz CT molecular complexity index is 596. The summed E-state index contributed by atoms with van der Waals surface area (Å²) in [6.45, 7) is 6.81. The van der Waals surface area contributed by atoms with Gasteiger partial charge in [-0.3, -0.25) is 0 Å². The molecule has 0 saturated carbocycles. The van der Waals surface area contributed by atoms with Crippen molar-refractivity contribution in [2.75, 3.05) is 11.5 Å². The van der Waals surface area contributed by atoms with E-state index in [2.05, 4.69) is 40.8 Å². The maximum Gasteiger partial charge on any atom is 0.180 e. The van der Waals surface area contributed by atoms with Crippen LogP contribution in [-0.4, -0.2) is 22.1 Å². The minimum absolute atomic E-state index is 0.144. The Hall–Kier alpha value is -2.10. The summed E-state index contributed by atoms with van der Waals surface area (Å²) in [5, 5.41) is 0. The van der Waals surface area contributed by atoms with Gasteiger partial charge >= 0.3 is 0 Å². The maximum absolute atomic E-state index is 5.78. The van der Waals surface area contributed by atoms with E-state index >= 15 is 0 Å². The Morgan fingerprint density at radius 2 is 1.95 bits per heavy atom. The van der Waals surface area contributed by atoms with Crippen molar-refractivity contribution >= 4 is 11.5 Å². The zero-order valence-corrected chi connectivity index (χ0v) is 11.4. The molecule has 0 N–H and O–H groups in total. The van der Waals surface area contributed by atoms with Crippen LogP contribution in [0.5, 0.6) is 5.75 Å². The van der Waals surface area contributed by atoms with Crippen LogP contribution in [0.3, 0.4) is 0 Å². The van der Waals surface area contributed by atoms with Gasteiger partial charge in [-0.25, -0.2) is 9.97 Å². The molecule has 1 aliphatic rings. The van der Waals surface area contributed by atoms with Gasteiger partial charge in [-0.2, -0.15) is 0 Å². The molecule has 1 aliphatic heterocycles. The highest BCUT2D eigenvalue weighted by molar-refractivity contribution is 5.68. The van der Waals surface area contributed by atoms with Crippen LogP contribution < -0.4 is 9.64 Å². The Kier molecular flexibility index (Phi) is 2.66. The Balaban J connectivity index is 2.18. The van der Waals surface area contributed by atoms with Crippen molar-refractivity contribution in [3.8, 4) is 5.75 Å². The standard InChI is InChI=1S/C15H17N3O/c1-11-16-9-13-14(17-11)18(15(2,3)10-19-13)12-7-5-4-6-8-12/h4-9H,10H2,1-3H3. The molecule has 0 aliphatic carbocycles. The molecule has 0 bridgehead atoms. The van der Waals surface area contributed by atoms with Gasteiger partial charge in [0.2, 0.25) is 0 Å². The number of aryl methyl sites for hydroxylation is 1. The van der Waals surface area contributed by atoms with Crippen molar-refractivity contribution < 1.29 is 4.74 Å². The molecule has 2 aromatic rings. The number of nitrogens with zero attached hydrogens (tertiary/aromatic N) is 3. The van der Waals surface area contributed by atoms with Crippen molar-refractivity contribution in [3.05, 3.63) is 42.4 Å². The normalized spacial score (nSPS) is 16.7. The van der Waals surface area contributed by atoms with Gasteiger partial charge in [0.1, 0.15) is 12.4 Å². The zero-order chi connectivity index (χ0) is 13.5. The van der Waals surface area contributed by atoms with Crippen molar-refractivity contribution in [2.24, 2.45) is 0 Å². The molecule has 0 fully saturated rings. The topological polar surface area (TPSA) is 38.2 Å². The SMILES string of the molecule is Cc1ncc2c(n1)N(c1ccccc1)C(C)(C)CO2. The average molecular weight is 255 g/mol. The number of hydrogen-bond donors (Lipinski definition) is 0. The smallest absolute Gasteiger partial charge is 0.180 e. The van der Waals surface area contributed by atoms with Gasteiger partial charge in [0, 0.05) is 5.69 Å². The van der Waals surface area contributed by atoms with Crippen LogP contribution in [0, 0.1) is 6.92 Å². The van der Waals surface area contributed by atoms with Crippen LogP contribution in [0.1, 0.15) is 19.7 Å². The molecule has 1 aromatic carbocycles. The second kappa shape index (κ2) is 4.23. The first kappa shape index (κ1) is 12.0. The molecule has 0 radical (unpaired) electrons. The summed E-state index contributed by atoms with van der Waals surface area (Å²) >= 11 is 0. The third kappa shape index (κ3) is 2.03. The Morgan fingerprint density at radius 1 is 1.21 bits per heavy atom. The highest BCUT2D eigenvalue weighted by Gasteiger charge is 2.36. The predicted molar refractivity (Wildman–Crippen MR) is 74.9 cm³/mol. The van der Waals surface area contributed by atoms with Crippen molar-refractivity contribution in [1.29, 1.82) is 0 Å². The number of rotatable bonds is 1. The molecule has 0 unspecified atom stereocenters. The lowest BCUT2D eigenvalue weighted by molar-refractivity contribution is 0.220. The van der Waals surface area contributed by atoms with Crippen LogP contribution in [-0.2, 0) is 0 Å². The number of benzene rings is 1. The second-order valence-electron chi connectivity index (χ2n) is 5.38. The van der Waals surface area contributed by atoms with Gasteiger partial charge in [-0.1, -0.05) is 18.2 Å². The molecule has 98 valence electrons. The molecule has 0 amide bonds. The number of ether oxygens (including phenoxy) is 1. The van der Waals surface area contributed by atoms with Crippen molar-refractivity contribution in [1.82, 2.24) is 9.97 Å². The fourth-order valence-corrected chi connectivity index (χ4v) is 2.36. The first-order chi connectivity index (χ1) is 9.08. The van der Waals surface area contributed by atoms with Crippen LogP contribution in [0.2, 0.25) is 0 Å². The van der Waals surface area contributed by atoms with Gasteiger partial charge in [0.05, 0.1) is 11.7 Å². The highest BCUT2D eigenvalue weighted by Crippen LogP contribution is 2.41. The summed E-state index contributed by atoms with van der Waals surface area (Å²) in [5.41, 5.74) is 0.977. The number of anilines is 2. The number of aromatic nitrogens is 2. The van der Waals surface area contributed by atoms with Crippen LogP contribution >= 0.6 is 0 Å². The Labute approximate surface area is 113 Å². The average Bonchev–Trinajstić information content (AvgIpc) is 2.38. The molecule has 2 heterocycles. The first-order valence-corrected chi connectivity index (χ1v) is 6.40. The van der Waals surface area contributed by atoms with E-state index < -0.39 is 0 Å². The third-order valence-electron chi connectivity index (χ3n) is 3.27. The molecule has 0 saturated heterocycles. The van der Waals surface area contributed by atoms with Crippen molar-refractivity contribution in [2.45, 2.75) is 26.3 Å². The highest BCUT2D eigenvalue weighted by atomic mass is 16.5. The van der Waals surface area contributed by atoms with Gasteiger partial charge in [0.25, 0.3) is 0 Å². The molecular formula is C15H17N3O. The summed E-state index contributed by atoms with van der Waals surface area (Å²) in [6, 6.07) is 10.3. The van der Waals surface area contributed by atoms with Crippen LogP contribution in [0.4, 0.5) is 11.5 Å². The molecule has 4 nitrogen and oxygen atoms in total. The largest absolute Gasteiger partial charge is 0.486 e. The molecule has 1 aromatic heterocycles. The number of hydrogen-bond acceptors (Lipinski definition) is 4. The molecule has 0 atom stereocenters. The minimum Gasteiger partial charge on any atom is -0.486 e. The quantitative estimate of drug-likeness (QED) is 0.785. The second-order valence-corrected chi connectivity index (χ2v) is 5.38. The monoisotopic (exact) mass is 255 g/mol. The molecule has 3 rings (SSSR count). The van der Waals surface area contributed by atoms with E-state index in [1.54, 1.807) is 6.20 Å². The Morgan fingerprint density at radius 3 is 2.68 bits per heavy atom.